The molecule has 0 atom stereocenters. The van der Waals surface area contributed by atoms with Crippen LogP contribution in [0, 0.1) is 5.41 Å². The zero-order chi connectivity index (χ0) is 8.91. The van der Waals surface area contributed by atoms with Gasteiger partial charge in [0.25, 0.3) is 0 Å². The molecule has 0 aromatic heterocycles. The van der Waals surface area contributed by atoms with Crippen LogP contribution < -0.4 is 0 Å². The van der Waals surface area contributed by atoms with E-state index in [0.717, 1.165) is 12.8 Å². The maximum absolute atomic E-state index is 5.07. The van der Waals surface area contributed by atoms with Crippen molar-refractivity contribution < 1.29 is 9.47 Å². The molecule has 0 bridgehead atoms. The minimum absolute atomic E-state index is 0. The Kier molecular flexibility index (Phi) is 7.75. The van der Waals surface area contributed by atoms with Crippen molar-refractivity contribution in [2.45, 2.75) is 47.3 Å². The molecule has 0 saturated carbocycles. The molecular weight excluding hydrogens is 152 g/mol. The summed E-state index contributed by atoms with van der Waals surface area (Å²) in [5.41, 5.74) is 0.370. The van der Waals surface area contributed by atoms with Gasteiger partial charge in [0, 0.05) is 14.2 Å². The minimum atomic E-state index is -0.0331. The molecule has 0 rings (SSSR count). The summed E-state index contributed by atoms with van der Waals surface area (Å²) in [5.74, 6) is 0. The summed E-state index contributed by atoms with van der Waals surface area (Å²) in [7, 11) is 3.35. The van der Waals surface area contributed by atoms with Gasteiger partial charge in [0.05, 0.1) is 0 Å². The fourth-order valence-corrected chi connectivity index (χ4v) is 0.883. The van der Waals surface area contributed by atoms with Crippen LogP contribution >= 0.6 is 0 Å². The Balaban J connectivity index is 0. The highest BCUT2D eigenvalue weighted by atomic mass is 16.7. The summed E-state index contributed by atoms with van der Waals surface area (Å²) in [6.45, 7) is 6.65. The molecule has 0 fully saturated rings. The Morgan fingerprint density at radius 3 is 1.75 bits per heavy atom. The molecule has 2 heteroatoms. The van der Waals surface area contributed by atoms with E-state index in [-0.39, 0.29) is 13.7 Å². The molecule has 0 heterocycles. The average Bonchev–Trinajstić information content (AvgIpc) is 1.88. The standard InChI is InChI=1S/C9H20O2.CH4/c1-9(2,3)7-6-8(10-4)11-5;/h8H,6-7H2,1-5H3;1H4. The third-order valence-electron chi connectivity index (χ3n) is 1.66. The van der Waals surface area contributed by atoms with E-state index in [1.165, 1.54) is 0 Å². The van der Waals surface area contributed by atoms with Crippen LogP contribution in [0.3, 0.4) is 0 Å². The predicted molar refractivity (Wildman–Crippen MR) is 53.2 cm³/mol. The largest absolute Gasteiger partial charge is 0.356 e. The van der Waals surface area contributed by atoms with Gasteiger partial charge in [-0.15, -0.1) is 0 Å². The van der Waals surface area contributed by atoms with Gasteiger partial charge in [-0.1, -0.05) is 28.2 Å². The fourth-order valence-electron chi connectivity index (χ4n) is 0.883. The molecule has 2 nitrogen and oxygen atoms in total. The lowest BCUT2D eigenvalue weighted by molar-refractivity contribution is -0.110. The molecule has 0 aromatic carbocycles. The second-order valence-electron chi connectivity index (χ2n) is 4.00. The van der Waals surface area contributed by atoms with Gasteiger partial charge in [-0.2, -0.15) is 0 Å². The van der Waals surface area contributed by atoms with Crippen molar-refractivity contribution in [1.82, 2.24) is 0 Å². The van der Waals surface area contributed by atoms with E-state index in [0.29, 0.717) is 5.41 Å². The van der Waals surface area contributed by atoms with E-state index in [4.69, 9.17) is 9.47 Å². The number of hydrogen-bond acceptors (Lipinski definition) is 2. The monoisotopic (exact) mass is 176 g/mol. The van der Waals surface area contributed by atoms with Gasteiger partial charge in [-0.3, -0.25) is 0 Å². The van der Waals surface area contributed by atoms with Crippen molar-refractivity contribution in [3.05, 3.63) is 0 Å². The van der Waals surface area contributed by atoms with E-state index in [1.807, 2.05) is 0 Å². The Bertz CT molecular complexity index is 90.5. The molecule has 0 N–H and O–H groups in total. The van der Waals surface area contributed by atoms with Gasteiger partial charge in [0.2, 0.25) is 0 Å². The maximum Gasteiger partial charge on any atom is 0.156 e. The normalized spacial score (nSPS) is 11.5. The van der Waals surface area contributed by atoms with Gasteiger partial charge < -0.3 is 9.47 Å². The van der Waals surface area contributed by atoms with Crippen LogP contribution in [0.15, 0.2) is 0 Å². The van der Waals surface area contributed by atoms with Crippen LogP contribution in [0.5, 0.6) is 0 Å². The van der Waals surface area contributed by atoms with Gasteiger partial charge in [0.15, 0.2) is 6.29 Å². The van der Waals surface area contributed by atoms with Crippen LogP contribution in [-0.2, 0) is 9.47 Å². The summed E-state index contributed by atoms with van der Waals surface area (Å²) < 4.78 is 10.1. The Morgan fingerprint density at radius 1 is 1.08 bits per heavy atom. The number of hydrogen-bond donors (Lipinski definition) is 0. The van der Waals surface area contributed by atoms with Gasteiger partial charge in [-0.25, -0.2) is 0 Å². The van der Waals surface area contributed by atoms with Crippen molar-refractivity contribution in [3.8, 4) is 0 Å². The van der Waals surface area contributed by atoms with Crippen LogP contribution in [-0.4, -0.2) is 20.5 Å². The minimum Gasteiger partial charge on any atom is -0.356 e. The molecule has 12 heavy (non-hydrogen) atoms. The van der Waals surface area contributed by atoms with E-state index < -0.39 is 0 Å². The van der Waals surface area contributed by atoms with Crippen LogP contribution in [0.25, 0.3) is 0 Å². The lowest BCUT2D eigenvalue weighted by Crippen LogP contribution is -2.16. The summed E-state index contributed by atoms with van der Waals surface area (Å²) in [6, 6.07) is 0. The molecule has 0 aliphatic rings. The van der Waals surface area contributed by atoms with Crippen molar-refractivity contribution in [2.24, 2.45) is 5.41 Å². The molecule has 0 unspecified atom stereocenters. The van der Waals surface area contributed by atoms with Crippen LogP contribution in [0.1, 0.15) is 41.0 Å². The summed E-state index contributed by atoms with van der Waals surface area (Å²) >= 11 is 0. The fraction of sp³-hybridized carbons (Fsp3) is 1.00. The summed E-state index contributed by atoms with van der Waals surface area (Å²) in [5, 5.41) is 0. The van der Waals surface area contributed by atoms with E-state index in [2.05, 4.69) is 20.8 Å². The van der Waals surface area contributed by atoms with Crippen molar-refractivity contribution in [3.63, 3.8) is 0 Å². The van der Waals surface area contributed by atoms with E-state index >= 15 is 0 Å². The molecule has 0 radical (unpaired) electrons. The first-order valence-corrected chi connectivity index (χ1v) is 4.05. The molecule has 76 valence electrons. The molecule has 0 aliphatic carbocycles. The van der Waals surface area contributed by atoms with Gasteiger partial charge in [0.1, 0.15) is 0 Å². The molecule has 0 amide bonds. The third kappa shape index (κ3) is 8.02. The summed E-state index contributed by atoms with van der Waals surface area (Å²) in [6.07, 6.45) is 2.06. The lowest BCUT2D eigenvalue weighted by Gasteiger charge is -2.21. The van der Waals surface area contributed by atoms with Crippen molar-refractivity contribution in [1.29, 1.82) is 0 Å². The highest BCUT2D eigenvalue weighted by Gasteiger charge is 2.13. The SMILES string of the molecule is C.COC(CCC(C)(C)C)OC. The first-order valence-electron chi connectivity index (χ1n) is 4.05. The zero-order valence-electron chi connectivity index (χ0n) is 8.31. The molecular formula is C10H24O2. The predicted octanol–water partition coefficient (Wildman–Crippen LogP) is 3.07. The number of ether oxygens (including phenoxy) is 2. The Labute approximate surface area is 77.3 Å². The summed E-state index contributed by atoms with van der Waals surface area (Å²) in [4.78, 5) is 0. The van der Waals surface area contributed by atoms with Crippen molar-refractivity contribution in [2.75, 3.05) is 14.2 Å². The third-order valence-corrected chi connectivity index (χ3v) is 1.66. The quantitative estimate of drug-likeness (QED) is 0.613. The number of methoxy groups -OCH3 is 2. The molecule has 0 aromatic rings. The Morgan fingerprint density at radius 2 is 1.50 bits per heavy atom. The Hall–Kier alpha value is -0.0800. The van der Waals surface area contributed by atoms with Crippen molar-refractivity contribution >= 4 is 0 Å². The first kappa shape index (κ1) is 14.4. The van der Waals surface area contributed by atoms with Crippen LogP contribution in [0.4, 0.5) is 0 Å². The molecule has 0 spiro atoms. The molecule has 0 aliphatic heterocycles. The number of rotatable bonds is 4. The maximum atomic E-state index is 5.07. The highest BCUT2D eigenvalue weighted by molar-refractivity contribution is 4.62. The second kappa shape index (κ2) is 6.44. The zero-order valence-corrected chi connectivity index (χ0v) is 8.31. The molecule has 0 saturated heterocycles. The van der Waals surface area contributed by atoms with Gasteiger partial charge >= 0.3 is 0 Å². The van der Waals surface area contributed by atoms with Crippen LogP contribution in [0.2, 0.25) is 0 Å². The van der Waals surface area contributed by atoms with Gasteiger partial charge in [-0.05, 0) is 18.3 Å². The smallest absolute Gasteiger partial charge is 0.156 e. The average molecular weight is 176 g/mol. The van der Waals surface area contributed by atoms with E-state index in [1.54, 1.807) is 14.2 Å². The second-order valence-corrected chi connectivity index (χ2v) is 4.00. The van der Waals surface area contributed by atoms with E-state index in [9.17, 15) is 0 Å². The highest BCUT2D eigenvalue weighted by Crippen LogP contribution is 2.22. The first-order chi connectivity index (χ1) is 4.99. The lowest BCUT2D eigenvalue weighted by atomic mass is 9.90. The topological polar surface area (TPSA) is 18.5 Å².